The van der Waals surface area contributed by atoms with Crippen LogP contribution in [0.2, 0.25) is 0 Å². The first-order chi connectivity index (χ1) is 4.57. The lowest BCUT2D eigenvalue weighted by Crippen LogP contribution is -2.26. The minimum absolute atomic E-state index is 0.0231. The molecule has 0 N–H and O–H groups in total. The van der Waals surface area contributed by atoms with Gasteiger partial charge < -0.3 is 0 Å². The van der Waals surface area contributed by atoms with Crippen molar-refractivity contribution in [3.8, 4) is 0 Å². The van der Waals surface area contributed by atoms with Gasteiger partial charge in [0.25, 0.3) is 0 Å². The Kier molecular flexibility index (Phi) is 2.09. The molecule has 0 aromatic rings. The van der Waals surface area contributed by atoms with Crippen molar-refractivity contribution in [3.05, 3.63) is 0 Å². The first-order valence-corrected chi connectivity index (χ1v) is 4.73. The molecule has 1 aliphatic rings. The first kappa shape index (κ1) is 8.12. The third kappa shape index (κ3) is 1.09. The monoisotopic (exact) mass is 158 g/mol. The number of carbonyl (C=O) groups is 1. The van der Waals surface area contributed by atoms with Gasteiger partial charge in [0.05, 0.1) is 0 Å². The number of hydrogen-bond donors (Lipinski definition) is 0. The molecule has 1 heterocycles. The summed E-state index contributed by atoms with van der Waals surface area (Å²) in [5, 5.41) is 0.391. The summed E-state index contributed by atoms with van der Waals surface area (Å²) in [4.78, 5) is 11.3. The number of hydrogen-bond acceptors (Lipinski definition) is 2. The van der Waals surface area contributed by atoms with Gasteiger partial charge in [-0.2, -0.15) is 0 Å². The molecule has 0 aliphatic carbocycles. The Morgan fingerprint density at radius 1 is 1.60 bits per heavy atom. The molecule has 58 valence electrons. The fourth-order valence-corrected chi connectivity index (χ4v) is 2.53. The lowest BCUT2D eigenvalue weighted by molar-refractivity contribution is -0.120. The summed E-state index contributed by atoms with van der Waals surface area (Å²) in [6.45, 7) is 6.34. The fraction of sp³-hybridized carbons (Fsp3) is 0.875. The molecule has 0 saturated carbocycles. The van der Waals surface area contributed by atoms with Gasteiger partial charge in [-0.15, -0.1) is 0 Å². The van der Waals surface area contributed by atoms with Crippen LogP contribution in [0, 0.1) is 11.3 Å². The van der Waals surface area contributed by atoms with Crippen LogP contribution in [-0.2, 0) is 4.79 Å². The normalized spacial score (nSPS) is 33.8. The largest absolute Gasteiger partial charge is 0.287 e. The van der Waals surface area contributed by atoms with Crippen LogP contribution in [0.25, 0.3) is 0 Å². The second-order valence-electron chi connectivity index (χ2n) is 3.46. The van der Waals surface area contributed by atoms with E-state index in [9.17, 15) is 4.79 Å². The molecule has 0 amide bonds. The van der Waals surface area contributed by atoms with E-state index in [0.717, 1.165) is 12.2 Å². The topological polar surface area (TPSA) is 17.1 Å². The van der Waals surface area contributed by atoms with Gasteiger partial charge in [-0.1, -0.05) is 32.5 Å². The molecule has 2 heteroatoms. The van der Waals surface area contributed by atoms with E-state index in [1.165, 1.54) is 11.8 Å². The van der Waals surface area contributed by atoms with Gasteiger partial charge in [-0.3, -0.25) is 4.79 Å². The van der Waals surface area contributed by atoms with Crippen molar-refractivity contribution in [2.75, 3.05) is 5.75 Å². The number of carbonyl (C=O) groups excluding carboxylic acids is 1. The molecule has 1 saturated heterocycles. The van der Waals surface area contributed by atoms with Gasteiger partial charge in [0.15, 0.2) is 5.12 Å². The minimum Gasteiger partial charge on any atom is -0.287 e. The van der Waals surface area contributed by atoms with Crippen molar-refractivity contribution < 1.29 is 4.79 Å². The average Bonchev–Trinajstić information content (AvgIpc) is 2.15. The summed E-state index contributed by atoms with van der Waals surface area (Å²) >= 11 is 1.49. The van der Waals surface area contributed by atoms with Crippen LogP contribution >= 0.6 is 11.8 Å². The summed E-state index contributed by atoms with van der Waals surface area (Å²) in [5.74, 6) is 1.52. The van der Waals surface area contributed by atoms with Crippen LogP contribution in [0.3, 0.4) is 0 Å². The molecule has 0 spiro atoms. The van der Waals surface area contributed by atoms with E-state index >= 15 is 0 Å². The maximum absolute atomic E-state index is 11.3. The van der Waals surface area contributed by atoms with Crippen molar-refractivity contribution in [1.29, 1.82) is 0 Å². The molecular weight excluding hydrogens is 144 g/mol. The molecule has 1 unspecified atom stereocenters. The van der Waals surface area contributed by atoms with E-state index in [4.69, 9.17) is 0 Å². The molecular formula is C8H14OS. The molecule has 0 bridgehead atoms. The van der Waals surface area contributed by atoms with Gasteiger partial charge in [-0.05, 0) is 12.3 Å². The summed E-state index contributed by atoms with van der Waals surface area (Å²) in [5.41, 5.74) is -0.0231. The Labute approximate surface area is 66.6 Å². The lowest BCUT2D eigenvalue weighted by Gasteiger charge is -2.25. The molecule has 1 nitrogen and oxygen atoms in total. The van der Waals surface area contributed by atoms with Crippen molar-refractivity contribution in [1.82, 2.24) is 0 Å². The highest BCUT2D eigenvalue weighted by molar-refractivity contribution is 8.14. The molecule has 1 aliphatic heterocycles. The Hall–Kier alpha value is 0.0200. The van der Waals surface area contributed by atoms with Gasteiger partial charge in [0.1, 0.15) is 0 Å². The summed E-state index contributed by atoms with van der Waals surface area (Å²) in [7, 11) is 0. The van der Waals surface area contributed by atoms with E-state index < -0.39 is 0 Å². The van der Waals surface area contributed by atoms with Crippen LogP contribution in [0.15, 0.2) is 0 Å². The van der Waals surface area contributed by atoms with Gasteiger partial charge >= 0.3 is 0 Å². The molecule has 1 rings (SSSR count). The van der Waals surface area contributed by atoms with E-state index in [2.05, 4.69) is 20.8 Å². The zero-order valence-corrected chi connectivity index (χ0v) is 7.62. The highest BCUT2D eigenvalue weighted by Gasteiger charge is 2.40. The molecule has 1 fully saturated rings. The molecule has 10 heavy (non-hydrogen) atoms. The van der Waals surface area contributed by atoms with Crippen LogP contribution in [0.1, 0.15) is 27.2 Å². The van der Waals surface area contributed by atoms with Gasteiger partial charge in [0.2, 0.25) is 0 Å². The third-order valence-corrected chi connectivity index (χ3v) is 3.73. The SMILES string of the molecule is CC(C)C1(C)CCSC1=O. The summed E-state index contributed by atoms with van der Waals surface area (Å²) < 4.78 is 0. The molecule has 0 aromatic heterocycles. The highest BCUT2D eigenvalue weighted by atomic mass is 32.2. The predicted octanol–water partition coefficient (Wildman–Crippen LogP) is 2.31. The van der Waals surface area contributed by atoms with E-state index in [1.54, 1.807) is 0 Å². The Morgan fingerprint density at radius 2 is 2.20 bits per heavy atom. The van der Waals surface area contributed by atoms with Crippen molar-refractivity contribution >= 4 is 16.9 Å². The Morgan fingerprint density at radius 3 is 2.40 bits per heavy atom. The summed E-state index contributed by atoms with van der Waals surface area (Å²) in [6, 6.07) is 0. The number of thioether (sulfide) groups is 1. The number of rotatable bonds is 1. The standard InChI is InChI=1S/C8H14OS/c1-6(2)8(3)4-5-10-7(8)9/h6H,4-5H2,1-3H3. The van der Waals surface area contributed by atoms with Gasteiger partial charge in [0, 0.05) is 11.2 Å². The van der Waals surface area contributed by atoms with Crippen LogP contribution in [0.5, 0.6) is 0 Å². The summed E-state index contributed by atoms with van der Waals surface area (Å²) in [6.07, 6.45) is 1.06. The van der Waals surface area contributed by atoms with Gasteiger partial charge in [-0.25, -0.2) is 0 Å². The van der Waals surface area contributed by atoms with Crippen LogP contribution in [0.4, 0.5) is 0 Å². The fourth-order valence-electron chi connectivity index (χ4n) is 1.15. The van der Waals surface area contributed by atoms with Crippen molar-refractivity contribution in [2.24, 2.45) is 11.3 Å². The Balaban J connectivity index is 2.75. The molecule has 0 aromatic carbocycles. The zero-order chi connectivity index (χ0) is 7.78. The predicted molar refractivity (Wildman–Crippen MR) is 45.0 cm³/mol. The lowest BCUT2D eigenvalue weighted by atomic mass is 9.78. The Bertz CT molecular complexity index is 153. The van der Waals surface area contributed by atoms with Crippen LogP contribution < -0.4 is 0 Å². The minimum atomic E-state index is -0.0231. The quantitative estimate of drug-likeness (QED) is 0.582. The maximum atomic E-state index is 11.3. The second-order valence-corrected chi connectivity index (χ2v) is 4.53. The highest BCUT2D eigenvalue weighted by Crippen LogP contribution is 2.42. The van der Waals surface area contributed by atoms with E-state index in [-0.39, 0.29) is 5.41 Å². The van der Waals surface area contributed by atoms with E-state index in [0.29, 0.717) is 11.0 Å². The third-order valence-electron chi connectivity index (χ3n) is 2.60. The maximum Gasteiger partial charge on any atom is 0.195 e. The second kappa shape index (κ2) is 2.57. The van der Waals surface area contributed by atoms with Crippen LogP contribution in [-0.4, -0.2) is 10.9 Å². The zero-order valence-electron chi connectivity index (χ0n) is 6.81. The first-order valence-electron chi connectivity index (χ1n) is 3.74. The van der Waals surface area contributed by atoms with Crippen molar-refractivity contribution in [2.45, 2.75) is 27.2 Å². The smallest absolute Gasteiger partial charge is 0.195 e. The van der Waals surface area contributed by atoms with Crippen molar-refractivity contribution in [3.63, 3.8) is 0 Å². The van der Waals surface area contributed by atoms with E-state index in [1.807, 2.05) is 0 Å². The molecule has 1 atom stereocenters. The molecule has 0 radical (unpaired) electrons. The average molecular weight is 158 g/mol.